The van der Waals surface area contributed by atoms with E-state index in [1.54, 1.807) is 0 Å². The van der Waals surface area contributed by atoms with Gasteiger partial charge in [0.25, 0.3) is 0 Å². The molecule has 0 aliphatic carbocycles. The van der Waals surface area contributed by atoms with E-state index in [4.69, 9.17) is 15.7 Å². The van der Waals surface area contributed by atoms with Crippen LogP contribution in [0.4, 0.5) is 23.9 Å². The van der Waals surface area contributed by atoms with Gasteiger partial charge in [0.2, 0.25) is 0 Å². The second kappa shape index (κ2) is 5.40. The van der Waals surface area contributed by atoms with Crippen LogP contribution in [-0.2, 0) is 0 Å². The standard InChI is InChI=1S/C12H14F3N3OS/c1-19-10-9(17)8(6-16)20-11(10)18-4-2-7(3-5-18)12(13,14)15/h7H,2-5,17H2,1H3. The van der Waals surface area contributed by atoms with Crippen LogP contribution in [0.3, 0.4) is 0 Å². The molecule has 0 saturated carbocycles. The highest BCUT2D eigenvalue weighted by Gasteiger charge is 2.41. The van der Waals surface area contributed by atoms with E-state index in [0.717, 1.165) is 11.3 Å². The largest absolute Gasteiger partial charge is 0.492 e. The molecule has 1 aliphatic heterocycles. The number of hydrogen-bond acceptors (Lipinski definition) is 5. The third-order valence-electron chi connectivity index (χ3n) is 3.43. The number of nitrogens with zero attached hydrogens (tertiary/aromatic N) is 2. The zero-order valence-electron chi connectivity index (χ0n) is 10.8. The number of ether oxygens (including phenoxy) is 1. The van der Waals surface area contributed by atoms with E-state index in [9.17, 15) is 13.2 Å². The Morgan fingerprint density at radius 2 is 2.00 bits per heavy atom. The summed E-state index contributed by atoms with van der Waals surface area (Å²) in [5, 5.41) is 9.60. The van der Waals surface area contributed by atoms with Crippen LogP contribution < -0.4 is 15.4 Å². The molecule has 0 spiro atoms. The van der Waals surface area contributed by atoms with Gasteiger partial charge in [-0.25, -0.2) is 0 Å². The summed E-state index contributed by atoms with van der Waals surface area (Å²) in [6.07, 6.45) is -4.04. The van der Waals surface area contributed by atoms with E-state index in [1.165, 1.54) is 7.11 Å². The molecule has 4 nitrogen and oxygen atoms in total. The van der Waals surface area contributed by atoms with E-state index >= 15 is 0 Å². The second-order valence-corrected chi connectivity index (χ2v) is 5.60. The minimum atomic E-state index is -4.14. The number of nitrogen functional groups attached to an aromatic ring is 1. The van der Waals surface area contributed by atoms with Crippen molar-refractivity contribution in [1.82, 2.24) is 0 Å². The number of methoxy groups -OCH3 is 1. The number of nitriles is 1. The first-order valence-electron chi connectivity index (χ1n) is 6.06. The van der Waals surface area contributed by atoms with Crippen molar-refractivity contribution in [3.8, 4) is 11.8 Å². The predicted molar refractivity (Wildman–Crippen MR) is 71.0 cm³/mol. The lowest BCUT2D eigenvalue weighted by Gasteiger charge is -2.33. The SMILES string of the molecule is COc1c(N2CCC(C(F)(F)F)CC2)sc(C#N)c1N. The summed E-state index contributed by atoms with van der Waals surface area (Å²) in [5.74, 6) is -0.866. The average molecular weight is 305 g/mol. The fourth-order valence-corrected chi connectivity index (χ4v) is 3.35. The van der Waals surface area contributed by atoms with E-state index < -0.39 is 12.1 Å². The summed E-state index contributed by atoms with van der Waals surface area (Å²) in [4.78, 5) is 2.14. The molecule has 110 valence electrons. The molecule has 8 heteroatoms. The van der Waals surface area contributed by atoms with Crippen LogP contribution in [0.2, 0.25) is 0 Å². The second-order valence-electron chi connectivity index (χ2n) is 4.60. The van der Waals surface area contributed by atoms with Gasteiger partial charge in [0.05, 0.1) is 13.0 Å². The van der Waals surface area contributed by atoms with Crippen LogP contribution in [0, 0.1) is 17.2 Å². The minimum Gasteiger partial charge on any atom is -0.492 e. The van der Waals surface area contributed by atoms with Gasteiger partial charge in [-0.1, -0.05) is 0 Å². The Bertz CT molecular complexity index is 527. The van der Waals surface area contributed by atoms with Gasteiger partial charge in [-0.3, -0.25) is 0 Å². The number of hydrogen-bond donors (Lipinski definition) is 1. The molecule has 0 radical (unpaired) electrons. The quantitative estimate of drug-likeness (QED) is 0.912. The van der Waals surface area contributed by atoms with Gasteiger partial charge in [0.15, 0.2) is 5.75 Å². The third-order valence-corrected chi connectivity index (χ3v) is 4.59. The van der Waals surface area contributed by atoms with Gasteiger partial charge in [0.1, 0.15) is 21.6 Å². The molecule has 2 heterocycles. The van der Waals surface area contributed by atoms with Crippen molar-refractivity contribution in [2.75, 3.05) is 30.8 Å². The number of thiophene rings is 1. The lowest BCUT2D eigenvalue weighted by molar-refractivity contribution is -0.179. The van der Waals surface area contributed by atoms with E-state index in [0.29, 0.717) is 15.6 Å². The zero-order chi connectivity index (χ0) is 14.9. The molecule has 1 aromatic heterocycles. The molecule has 0 atom stereocenters. The maximum absolute atomic E-state index is 12.6. The number of nitrogens with two attached hydrogens (primary N) is 1. The summed E-state index contributed by atoms with van der Waals surface area (Å²) < 4.78 is 43.1. The first-order valence-corrected chi connectivity index (χ1v) is 6.88. The minimum absolute atomic E-state index is 0.0480. The van der Waals surface area contributed by atoms with Crippen molar-refractivity contribution in [2.24, 2.45) is 5.92 Å². The molecule has 1 aliphatic rings. The van der Waals surface area contributed by atoms with Crippen LogP contribution in [0.25, 0.3) is 0 Å². The number of alkyl halides is 3. The van der Waals surface area contributed by atoms with Crippen molar-refractivity contribution < 1.29 is 17.9 Å². The summed E-state index contributed by atoms with van der Waals surface area (Å²) >= 11 is 1.16. The Morgan fingerprint density at radius 3 is 2.45 bits per heavy atom. The van der Waals surface area contributed by atoms with Crippen molar-refractivity contribution in [3.63, 3.8) is 0 Å². The van der Waals surface area contributed by atoms with Crippen LogP contribution in [0.15, 0.2) is 0 Å². The van der Waals surface area contributed by atoms with Crippen LogP contribution >= 0.6 is 11.3 Å². The lowest BCUT2D eigenvalue weighted by atomic mass is 9.96. The number of rotatable bonds is 2. The number of piperidine rings is 1. The van der Waals surface area contributed by atoms with Crippen LogP contribution in [0.5, 0.6) is 5.75 Å². The molecule has 2 N–H and O–H groups in total. The Hall–Kier alpha value is -1.62. The Kier molecular flexibility index (Phi) is 3.99. The highest BCUT2D eigenvalue weighted by Crippen LogP contribution is 2.46. The van der Waals surface area contributed by atoms with Gasteiger partial charge in [-0.05, 0) is 12.8 Å². The summed E-state index contributed by atoms with van der Waals surface area (Å²) in [5.41, 5.74) is 6.04. The van der Waals surface area contributed by atoms with Gasteiger partial charge in [-0.15, -0.1) is 11.3 Å². The zero-order valence-corrected chi connectivity index (χ0v) is 11.6. The first-order chi connectivity index (χ1) is 9.38. The first kappa shape index (κ1) is 14.8. The highest BCUT2D eigenvalue weighted by atomic mass is 32.1. The topological polar surface area (TPSA) is 62.3 Å². The van der Waals surface area contributed by atoms with Gasteiger partial charge in [0, 0.05) is 13.1 Å². The molecule has 0 amide bonds. The molecule has 20 heavy (non-hydrogen) atoms. The monoisotopic (exact) mass is 305 g/mol. The molecular formula is C12H14F3N3OS. The molecule has 0 unspecified atom stereocenters. The molecule has 1 saturated heterocycles. The molecule has 1 aromatic rings. The smallest absolute Gasteiger partial charge is 0.391 e. The summed E-state index contributed by atoms with van der Waals surface area (Å²) in [6, 6.07) is 1.97. The van der Waals surface area contributed by atoms with Gasteiger partial charge >= 0.3 is 6.18 Å². The molecular weight excluding hydrogens is 291 g/mol. The van der Waals surface area contributed by atoms with E-state index in [1.807, 2.05) is 11.0 Å². The van der Waals surface area contributed by atoms with Crippen LogP contribution in [-0.4, -0.2) is 26.4 Å². The summed E-state index contributed by atoms with van der Waals surface area (Å²) in [7, 11) is 1.44. The molecule has 2 rings (SSSR count). The average Bonchev–Trinajstić information content (AvgIpc) is 2.74. The highest BCUT2D eigenvalue weighted by molar-refractivity contribution is 7.17. The number of anilines is 2. The Morgan fingerprint density at radius 1 is 1.40 bits per heavy atom. The van der Waals surface area contributed by atoms with Gasteiger partial charge < -0.3 is 15.4 Å². The van der Waals surface area contributed by atoms with Crippen molar-refractivity contribution in [2.45, 2.75) is 19.0 Å². The van der Waals surface area contributed by atoms with Crippen LogP contribution in [0.1, 0.15) is 17.7 Å². The molecule has 0 bridgehead atoms. The molecule has 1 fully saturated rings. The molecule has 0 aromatic carbocycles. The maximum Gasteiger partial charge on any atom is 0.391 e. The van der Waals surface area contributed by atoms with Crippen molar-refractivity contribution in [3.05, 3.63) is 4.88 Å². The van der Waals surface area contributed by atoms with Gasteiger partial charge in [-0.2, -0.15) is 18.4 Å². The summed E-state index contributed by atoms with van der Waals surface area (Å²) in [6.45, 7) is 0.566. The maximum atomic E-state index is 12.6. The third kappa shape index (κ3) is 2.63. The number of halogens is 3. The van der Waals surface area contributed by atoms with Crippen molar-refractivity contribution >= 4 is 22.0 Å². The van der Waals surface area contributed by atoms with Crippen molar-refractivity contribution in [1.29, 1.82) is 5.26 Å². The van der Waals surface area contributed by atoms with E-state index in [-0.39, 0.29) is 31.6 Å². The Balaban J connectivity index is 2.17. The lowest BCUT2D eigenvalue weighted by Crippen LogP contribution is -2.38. The van der Waals surface area contributed by atoms with E-state index in [2.05, 4.69) is 0 Å². The fraction of sp³-hybridized carbons (Fsp3) is 0.583. The Labute approximate surface area is 118 Å². The normalized spacial score (nSPS) is 17.1. The fourth-order valence-electron chi connectivity index (χ4n) is 2.31. The predicted octanol–water partition coefficient (Wildman–Crippen LogP) is 2.99.